The first-order chi connectivity index (χ1) is 13.1. The van der Waals surface area contributed by atoms with Gasteiger partial charge in [-0.2, -0.15) is 0 Å². The maximum atomic E-state index is 4.71. The van der Waals surface area contributed by atoms with Crippen molar-refractivity contribution in [3.05, 3.63) is 71.0 Å². The van der Waals surface area contributed by atoms with E-state index in [9.17, 15) is 0 Å². The van der Waals surface area contributed by atoms with Crippen LogP contribution in [0.2, 0.25) is 0 Å². The molecule has 0 aliphatic carbocycles. The van der Waals surface area contributed by atoms with E-state index in [1.165, 1.54) is 33.4 Å². The number of fused-ring (bicyclic) bond motifs is 2. The summed E-state index contributed by atoms with van der Waals surface area (Å²) in [6.45, 7) is 6.15. The Morgan fingerprint density at radius 2 is 2.11 bits per heavy atom. The van der Waals surface area contributed by atoms with Crippen LogP contribution in [0.3, 0.4) is 0 Å². The number of nitrogens with zero attached hydrogens (tertiary/aromatic N) is 4. The van der Waals surface area contributed by atoms with Crippen molar-refractivity contribution in [3.63, 3.8) is 0 Å². The van der Waals surface area contributed by atoms with E-state index in [1.807, 2.05) is 18.7 Å². The topological polar surface area (TPSA) is 65.5 Å². The molecule has 3 aromatic heterocycles. The molecule has 6 heteroatoms. The van der Waals surface area contributed by atoms with Crippen molar-refractivity contribution >= 4 is 10.9 Å². The fourth-order valence-corrected chi connectivity index (χ4v) is 4.34. The first kappa shape index (κ1) is 16.3. The van der Waals surface area contributed by atoms with Gasteiger partial charge >= 0.3 is 0 Å². The molecule has 6 nitrogen and oxygen atoms in total. The Labute approximate surface area is 158 Å². The molecule has 1 aromatic carbocycles. The number of nitrogens with one attached hydrogen (secondary N) is 2. The van der Waals surface area contributed by atoms with Gasteiger partial charge in [-0.25, -0.2) is 9.97 Å². The summed E-state index contributed by atoms with van der Waals surface area (Å²) in [6, 6.07) is 6.60. The number of aromatic amines is 2. The fourth-order valence-electron chi connectivity index (χ4n) is 4.34. The van der Waals surface area contributed by atoms with Crippen molar-refractivity contribution in [2.75, 3.05) is 6.54 Å². The SMILES string of the molecule is Cc1c([C@H]2c3nc[nH]c3CCN2Cc2nccn2C)[nH]c2c(C)cccc12. The van der Waals surface area contributed by atoms with Crippen LogP contribution >= 0.6 is 0 Å². The summed E-state index contributed by atoms with van der Waals surface area (Å²) in [4.78, 5) is 18.8. The summed E-state index contributed by atoms with van der Waals surface area (Å²) in [5, 5.41) is 1.30. The van der Waals surface area contributed by atoms with E-state index in [0.29, 0.717) is 0 Å². The second-order valence-electron chi connectivity index (χ2n) is 7.50. The van der Waals surface area contributed by atoms with E-state index < -0.39 is 0 Å². The number of benzene rings is 1. The third-order valence-corrected chi connectivity index (χ3v) is 5.90. The van der Waals surface area contributed by atoms with Crippen LogP contribution in [-0.4, -0.2) is 35.9 Å². The highest BCUT2D eigenvalue weighted by atomic mass is 15.2. The maximum Gasteiger partial charge on any atom is 0.122 e. The van der Waals surface area contributed by atoms with Crippen LogP contribution in [0.4, 0.5) is 0 Å². The van der Waals surface area contributed by atoms with Crippen LogP contribution in [0.15, 0.2) is 36.9 Å². The molecule has 27 heavy (non-hydrogen) atoms. The van der Waals surface area contributed by atoms with Gasteiger partial charge in [0.1, 0.15) is 5.82 Å². The summed E-state index contributed by atoms with van der Waals surface area (Å²) >= 11 is 0. The zero-order valence-electron chi connectivity index (χ0n) is 16.0. The van der Waals surface area contributed by atoms with E-state index in [2.05, 4.69) is 63.5 Å². The first-order valence-electron chi connectivity index (χ1n) is 9.43. The second kappa shape index (κ2) is 6.09. The van der Waals surface area contributed by atoms with Gasteiger partial charge in [-0.05, 0) is 25.0 Å². The van der Waals surface area contributed by atoms with E-state index in [4.69, 9.17) is 4.98 Å². The Morgan fingerprint density at radius 1 is 1.22 bits per heavy atom. The minimum absolute atomic E-state index is 0.100. The number of hydrogen-bond acceptors (Lipinski definition) is 3. The molecule has 0 saturated heterocycles. The van der Waals surface area contributed by atoms with Gasteiger partial charge < -0.3 is 14.5 Å². The normalized spacial score (nSPS) is 17.5. The summed E-state index contributed by atoms with van der Waals surface area (Å²) in [5.74, 6) is 1.07. The highest BCUT2D eigenvalue weighted by molar-refractivity contribution is 5.87. The number of rotatable bonds is 3. The lowest BCUT2D eigenvalue weighted by molar-refractivity contribution is 0.190. The van der Waals surface area contributed by atoms with Crippen molar-refractivity contribution in [1.29, 1.82) is 0 Å². The molecule has 0 fully saturated rings. The minimum Gasteiger partial charge on any atom is -0.356 e. The zero-order chi connectivity index (χ0) is 18.5. The summed E-state index contributed by atoms with van der Waals surface area (Å²) in [7, 11) is 2.05. The Hall–Kier alpha value is -2.86. The van der Waals surface area contributed by atoms with Crippen molar-refractivity contribution in [1.82, 2.24) is 29.4 Å². The Balaban J connectivity index is 1.65. The molecule has 1 aliphatic heterocycles. The van der Waals surface area contributed by atoms with Crippen molar-refractivity contribution < 1.29 is 0 Å². The molecule has 5 rings (SSSR count). The molecule has 0 unspecified atom stereocenters. The third-order valence-electron chi connectivity index (χ3n) is 5.90. The molecule has 4 heterocycles. The first-order valence-corrected chi connectivity index (χ1v) is 9.43. The van der Waals surface area contributed by atoms with Crippen LogP contribution < -0.4 is 0 Å². The van der Waals surface area contributed by atoms with E-state index in [1.54, 1.807) is 0 Å². The largest absolute Gasteiger partial charge is 0.356 e. The molecule has 4 aromatic rings. The van der Waals surface area contributed by atoms with Gasteiger partial charge in [0.2, 0.25) is 0 Å². The molecule has 0 radical (unpaired) electrons. The van der Waals surface area contributed by atoms with Crippen LogP contribution in [0.5, 0.6) is 0 Å². The fraction of sp³-hybridized carbons (Fsp3) is 0.333. The van der Waals surface area contributed by atoms with Gasteiger partial charge in [0, 0.05) is 54.7 Å². The van der Waals surface area contributed by atoms with Crippen molar-refractivity contribution in [2.24, 2.45) is 7.05 Å². The van der Waals surface area contributed by atoms with Crippen molar-refractivity contribution in [2.45, 2.75) is 32.9 Å². The molecular weight excluding hydrogens is 336 g/mol. The number of imidazole rings is 2. The van der Waals surface area contributed by atoms with Gasteiger partial charge in [0.15, 0.2) is 0 Å². The van der Waals surface area contributed by atoms with E-state index in [0.717, 1.165) is 31.0 Å². The minimum atomic E-state index is 0.100. The van der Waals surface area contributed by atoms with Gasteiger partial charge in [0.05, 0.1) is 24.6 Å². The molecule has 1 atom stereocenters. The average molecular weight is 360 g/mol. The smallest absolute Gasteiger partial charge is 0.122 e. The van der Waals surface area contributed by atoms with Crippen LogP contribution in [-0.2, 0) is 20.0 Å². The van der Waals surface area contributed by atoms with Gasteiger partial charge in [0.25, 0.3) is 0 Å². The lowest BCUT2D eigenvalue weighted by Gasteiger charge is -2.34. The van der Waals surface area contributed by atoms with Crippen LogP contribution in [0.25, 0.3) is 10.9 Å². The highest BCUT2D eigenvalue weighted by Gasteiger charge is 2.34. The second-order valence-corrected chi connectivity index (χ2v) is 7.50. The molecule has 0 bridgehead atoms. The molecular formula is C21H24N6. The van der Waals surface area contributed by atoms with Gasteiger partial charge in [-0.15, -0.1) is 0 Å². The molecule has 1 aliphatic rings. The highest BCUT2D eigenvalue weighted by Crippen LogP contribution is 2.38. The molecule has 0 spiro atoms. The van der Waals surface area contributed by atoms with Gasteiger partial charge in [-0.1, -0.05) is 18.2 Å². The third kappa shape index (κ3) is 2.51. The number of aromatic nitrogens is 5. The summed E-state index contributed by atoms with van der Waals surface area (Å²) in [6.07, 6.45) is 6.68. The van der Waals surface area contributed by atoms with Crippen molar-refractivity contribution in [3.8, 4) is 0 Å². The number of hydrogen-bond donors (Lipinski definition) is 2. The number of H-pyrrole nitrogens is 2. The summed E-state index contributed by atoms with van der Waals surface area (Å²) < 4.78 is 2.10. The molecule has 2 N–H and O–H groups in total. The Kier molecular flexibility index (Phi) is 3.68. The quantitative estimate of drug-likeness (QED) is 0.589. The predicted molar refractivity (Wildman–Crippen MR) is 106 cm³/mol. The summed E-state index contributed by atoms with van der Waals surface area (Å²) in [5.41, 5.74) is 7.41. The molecule has 0 amide bonds. The van der Waals surface area contributed by atoms with Crippen LogP contribution in [0.1, 0.15) is 40.1 Å². The van der Waals surface area contributed by atoms with Crippen LogP contribution in [0, 0.1) is 13.8 Å². The van der Waals surface area contributed by atoms with Gasteiger partial charge in [-0.3, -0.25) is 4.90 Å². The van der Waals surface area contributed by atoms with E-state index >= 15 is 0 Å². The Bertz CT molecular complexity index is 1120. The monoisotopic (exact) mass is 360 g/mol. The number of para-hydroxylation sites is 1. The average Bonchev–Trinajstić information content (AvgIpc) is 3.36. The zero-order valence-corrected chi connectivity index (χ0v) is 16.0. The van der Waals surface area contributed by atoms with E-state index in [-0.39, 0.29) is 6.04 Å². The molecule has 0 saturated carbocycles. The lowest BCUT2D eigenvalue weighted by Crippen LogP contribution is -2.37. The maximum absolute atomic E-state index is 4.71. The predicted octanol–water partition coefficient (Wildman–Crippen LogP) is 3.39. The number of aryl methyl sites for hydroxylation is 3. The standard InChI is InChI=1S/C21H24N6/c1-13-5-4-6-15-14(2)19(25-18(13)15)21-20-16(23-12-24-20)7-9-27(21)11-17-22-8-10-26(17)3/h4-6,8,10,12,21,25H,7,9,11H2,1-3H3,(H,23,24)/t21-/m0/s1. The Morgan fingerprint density at radius 3 is 2.89 bits per heavy atom. The molecule has 138 valence electrons. The lowest BCUT2D eigenvalue weighted by atomic mass is 9.97.